The maximum Gasteiger partial charge on any atom is 0.190 e. The fraction of sp³-hybridized carbons (Fsp3) is 0.357. The van der Waals surface area contributed by atoms with Gasteiger partial charge in [-0.3, -0.25) is 0 Å². The summed E-state index contributed by atoms with van der Waals surface area (Å²) in [4.78, 5) is 7.90. The van der Waals surface area contributed by atoms with Crippen LogP contribution in [-0.2, 0) is 13.0 Å². The molecule has 0 bridgehead atoms. The Morgan fingerprint density at radius 1 is 1.32 bits per heavy atom. The highest BCUT2D eigenvalue weighted by Gasteiger charge is 2.13. The zero-order valence-electron chi connectivity index (χ0n) is 11.4. The molecule has 0 unspecified atom stereocenters. The molecule has 0 radical (unpaired) electrons. The van der Waals surface area contributed by atoms with E-state index in [-0.39, 0.29) is 5.82 Å². The zero-order chi connectivity index (χ0) is 13.8. The lowest BCUT2D eigenvalue weighted by molar-refractivity contribution is 0.628. The summed E-state index contributed by atoms with van der Waals surface area (Å²) in [5, 5.41) is 4.10. The molecule has 0 aliphatic rings. The van der Waals surface area contributed by atoms with Crippen LogP contribution in [0.5, 0.6) is 0 Å². The van der Waals surface area contributed by atoms with E-state index in [1.54, 1.807) is 23.5 Å². The van der Waals surface area contributed by atoms with Crippen LogP contribution in [-0.4, -0.2) is 19.1 Å². The number of hydrogen-bond donors (Lipinski definition) is 1. The fourth-order valence-corrected chi connectivity index (χ4v) is 3.01. The van der Waals surface area contributed by atoms with Gasteiger partial charge < -0.3 is 10.2 Å². The summed E-state index contributed by atoms with van der Waals surface area (Å²) in [6, 6.07) is 6.46. The second-order valence-electron chi connectivity index (χ2n) is 4.29. The van der Waals surface area contributed by atoms with Crippen molar-refractivity contribution in [3.05, 3.63) is 40.7 Å². The van der Waals surface area contributed by atoms with Crippen molar-refractivity contribution in [1.29, 1.82) is 0 Å². The SMILES string of the molecule is CCc1nc(N(C)c2ccc(F)cc2)sc1CNC. The van der Waals surface area contributed by atoms with Crippen molar-refractivity contribution in [3.63, 3.8) is 0 Å². The van der Waals surface area contributed by atoms with Gasteiger partial charge in [0.15, 0.2) is 5.13 Å². The average molecular weight is 279 g/mol. The van der Waals surface area contributed by atoms with E-state index in [1.807, 2.05) is 19.0 Å². The van der Waals surface area contributed by atoms with Gasteiger partial charge in [0.1, 0.15) is 5.82 Å². The molecular formula is C14H18FN3S. The van der Waals surface area contributed by atoms with Crippen LogP contribution >= 0.6 is 11.3 Å². The highest BCUT2D eigenvalue weighted by atomic mass is 32.1. The molecule has 19 heavy (non-hydrogen) atoms. The van der Waals surface area contributed by atoms with Crippen LogP contribution in [0, 0.1) is 5.82 Å². The topological polar surface area (TPSA) is 28.2 Å². The first-order valence-electron chi connectivity index (χ1n) is 6.28. The highest BCUT2D eigenvalue weighted by Crippen LogP contribution is 2.30. The third kappa shape index (κ3) is 3.11. The summed E-state index contributed by atoms with van der Waals surface area (Å²) in [6.45, 7) is 2.94. The lowest BCUT2D eigenvalue weighted by atomic mass is 10.3. The van der Waals surface area contributed by atoms with E-state index in [4.69, 9.17) is 0 Å². The Hall–Kier alpha value is -1.46. The van der Waals surface area contributed by atoms with E-state index in [0.29, 0.717) is 0 Å². The molecule has 1 heterocycles. The molecule has 1 N–H and O–H groups in total. The second-order valence-corrected chi connectivity index (χ2v) is 5.35. The van der Waals surface area contributed by atoms with Crippen molar-refractivity contribution in [1.82, 2.24) is 10.3 Å². The number of aromatic nitrogens is 1. The number of nitrogens with one attached hydrogen (secondary N) is 1. The molecule has 0 aliphatic heterocycles. The monoisotopic (exact) mass is 279 g/mol. The molecule has 5 heteroatoms. The molecule has 0 spiro atoms. The van der Waals surface area contributed by atoms with Gasteiger partial charge in [0.2, 0.25) is 0 Å². The average Bonchev–Trinajstić information content (AvgIpc) is 2.82. The van der Waals surface area contributed by atoms with E-state index in [1.165, 1.54) is 17.0 Å². The van der Waals surface area contributed by atoms with Crippen molar-refractivity contribution in [2.45, 2.75) is 19.9 Å². The molecule has 0 amide bonds. The van der Waals surface area contributed by atoms with E-state index in [0.717, 1.165) is 29.5 Å². The van der Waals surface area contributed by atoms with Gasteiger partial charge in [-0.05, 0) is 37.7 Å². The minimum atomic E-state index is -0.221. The van der Waals surface area contributed by atoms with Gasteiger partial charge >= 0.3 is 0 Å². The summed E-state index contributed by atoms with van der Waals surface area (Å²) in [6.07, 6.45) is 0.921. The first kappa shape index (κ1) is 14.0. The van der Waals surface area contributed by atoms with Gasteiger partial charge in [0, 0.05) is 24.2 Å². The number of aryl methyl sites for hydroxylation is 1. The smallest absolute Gasteiger partial charge is 0.190 e. The normalized spacial score (nSPS) is 10.7. The van der Waals surface area contributed by atoms with Crippen molar-refractivity contribution in [2.75, 3.05) is 19.0 Å². The van der Waals surface area contributed by atoms with Gasteiger partial charge in [0.25, 0.3) is 0 Å². The largest absolute Gasteiger partial charge is 0.321 e. The van der Waals surface area contributed by atoms with Gasteiger partial charge in [-0.25, -0.2) is 9.37 Å². The first-order valence-corrected chi connectivity index (χ1v) is 7.09. The Kier molecular flexibility index (Phi) is 4.50. The Morgan fingerprint density at radius 2 is 2.00 bits per heavy atom. The summed E-state index contributed by atoms with van der Waals surface area (Å²) < 4.78 is 12.9. The molecule has 0 saturated heterocycles. The van der Waals surface area contributed by atoms with Crippen molar-refractivity contribution < 1.29 is 4.39 Å². The maximum atomic E-state index is 12.9. The standard InChI is InChI=1S/C14H18FN3S/c1-4-12-13(9-16-2)19-14(17-12)18(3)11-7-5-10(15)6-8-11/h5-8,16H,4,9H2,1-3H3. The molecule has 3 nitrogen and oxygen atoms in total. The Morgan fingerprint density at radius 3 is 2.58 bits per heavy atom. The van der Waals surface area contributed by atoms with Gasteiger partial charge in [0.05, 0.1) is 5.69 Å². The van der Waals surface area contributed by atoms with Gasteiger partial charge in [-0.1, -0.05) is 18.3 Å². The minimum Gasteiger partial charge on any atom is -0.321 e. The van der Waals surface area contributed by atoms with Crippen LogP contribution < -0.4 is 10.2 Å². The Balaban J connectivity index is 2.28. The quantitative estimate of drug-likeness (QED) is 0.910. The van der Waals surface area contributed by atoms with E-state index >= 15 is 0 Å². The zero-order valence-corrected chi connectivity index (χ0v) is 12.2. The summed E-state index contributed by atoms with van der Waals surface area (Å²) in [7, 11) is 3.89. The van der Waals surface area contributed by atoms with Crippen LogP contribution in [0.15, 0.2) is 24.3 Å². The maximum absolute atomic E-state index is 12.9. The van der Waals surface area contributed by atoms with Gasteiger partial charge in [-0.15, -0.1) is 0 Å². The summed E-state index contributed by atoms with van der Waals surface area (Å²) in [5.74, 6) is -0.221. The van der Waals surface area contributed by atoms with Crippen LogP contribution in [0.2, 0.25) is 0 Å². The molecule has 0 aliphatic carbocycles. The number of halogens is 1. The van der Waals surface area contributed by atoms with Crippen LogP contribution in [0.4, 0.5) is 15.2 Å². The molecule has 1 aromatic heterocycles. The third-order valence-corrected chi connectivity index (χ3v) is 4.11. The molecule has 2 rings (SSSR count). The highest BCUT2D eigenvalue weighted by molar-refractivity contribution is 7.15. The minimum absolute atomic E-state index is 0.221. The Bertz CT molecular complexity index is 536. The predicted octanol–water partition coefficient (Wildman–Crippen LogP) is 3.33. The van der Waals surface area contributed by atoms with Crippen LogP contribution in [0.3, 0.4) is 0 Å². The van der Waals surface area contributed by atoms with E-state index in [2.05, 4.69) is 17.2 Å². The first-order chi connectivity index (χ1) is 9.15. The summed E-state index contributed by atoms with van der Waals surface area (Å²) >= 11 is 1.67. The summed E-state index contributed by atoms with van der Waals surface area (Å²) in [5.41, 5.74) is 2.07. The number of hydrogen-bond acceptors (Lipinski definition) is 4. The Labute approximate surface area is 117 Å². The second kappa shape index (κ2) is 6.12. The molecule has 2 aromatic rings. The van der Waals surface area contributed by atoms with Crippen LogP contribution in [0.1, 0.15) is 17.5 Å². The molecule has 0 atom stereocenters. The lowest BCUT2D eigenvalue weighted by Gasteiger charge is -2.15. The van der Waals surface area contributed by atoms with Crippen molar-refractivity contribution in [2.24, 2.45) is 0 Å². The van der Waals surface area contributed by atoms with Crippen molar-refractivity contribution in [3.8, 4) is 0 Å². The molecule has 0 fully saturated rings. The van der Waals surface area contributed by atoms with E-state index in [9.17, 15) is 4.39 Å². The molecule has 1 aromatic carbocycles. The predicted molar refractivity (Wildman–Crippen MR) is 78.7 cm³/mol. The van der Waals surface area contributed by atoms with Gasteiger partial charge in [-0.2, -0.15) is 0 Å². The van der Waals surface area contributed by atoms with E-state index < -0.39 is 0 Å². The lowest BCUT2D eigenvalue weighted by Crippen LogP contribution is -2.08. The third-order valence-electron chi connectivity index (χ3n) is 2.94. The number of thiazole rings is 1. The number of anilines is 2. The van der Waals surface area contributed by atoms with Crippen molar-refractivity contribution >= 4 is 22.2 Å². The fourth-order valence-electron chi connectivity index (χ4n) is 1.86. The molecular weight excluding hydrogens is 261 g/mol. The van der Waals surface area contributed by atoms with Crippen LogP contribution in [0.25, 0.3) is 0 Å². The molecule has 102 valence electrons. The number of nitrogens with zero attached hydrogens (tertiary/aromatic N) is 2. The molecule has 0 saturated carbocycles. The number of benzene rings is 1. The number of rotatable bonds is 5.